The van der Waals surface area contributed by atoms with E-state index in [1.165, 1.54) is 11.3 Å². The Morgan fingerprint density at radius 2 is 2.11 bits per heavy atom. The minimum atomic E-state index is -0.534. The van der Waals surface area contributed by atoms with Gasteiger partial charge in [-0.2, -0.15) is 0 Å². The first kappa shape index (κ1) is 13.7. The summed E-state index contributed by atoms with van der Waals surface area (Å²) in [6.45, 7) is 2.02. The van der Waals surface area contributed by atoms with Crippen LogP contribution in [0.1, 0.15) is 28.2 Å². The van der Waals surface area contributed by atoms with Crippen molar-refractivity contribution in [1.82, 2.24) is 0 Å². The Labute approximate surface area is 120 Å². The molecule has 0 aliphatic carbocycles. The predicted molar refractivity (Wildman–Crippen MR) is 80.7 cm³/mol. The maximum Gasteiger partial charge on any atom is 0.250 e. The molecule has 1 unspecified atom stereocenters. The third kappa shape index (κ3) is 3.19. The van der Waals surface area contributed by atoms with E-state index < -0.39 is 5.91 Å². The molecular formula is C13H14ClN3OS. The van der Waals surface area contributed by atoms with Crippen LogP contribution in [0.3, 0.4) is 0 Å². The Balaban J connectivity index is 2.19. The van der Waals surface area contributed by atoms with Gasteiger partial charge in [-0.25, -0.2) is 0 Å². The second kappa shape index (κ2) is 5.50. The molecule has 0 aliphatic rings. The topological polar surface area (TPSA) is 81.1 Å². The zero-order valence-electron chi connectivity index (χ0n) is 10.3. The van der Waals surface area contributed by atoms with Crippen LogP contribution < -0.4 is 16.8 Å². The van der Waals surface area contributed by atoms with Crippen LogP contribution >= 0.6 is 22.9 Å². The number of anilines is 2. The highest BCUT2D eigenvalue weighted by Crippen LogP contribution is 2.29. The van der Waals surface area contributed by atoms with Crippen molar-refractivity contribution >= 4 is 40.2 Å². The van der Waals surface area contributed by atoms with E-state index >= 15 is 0 Å². The number of nitrogens with one attached hydrogen (secondary N) is 1. The first-order valence-corrected chi connectivity index (χ1v) is 6.88. The molecule has 0 saturated heterocycles. The smallest absolute Gasteiger partial charge is 0.250 e. The Morgan fingerprint density at radius 3 is 2.68 bits per heavy atom. The van der Waals surface area contributed by atoms with Crippen LogP contribution in [0.15, 0.2) is 30.3 Å². The number of nitrogen functional groups attached to an aromatic ring is 1. The lowest BCUT2D eigenvalue weighted by atomic mass is 10.1. The highest BCUT2D eigenvalue weighted by atomic mass is 35.5. The summed E-state index contributed by atoms with van der Waals surface area (Å²) in [6, 6.07) is 9.05. The van der Waals surface area contributed by atoms with Gasteiger partial charge in [-0.1, -0.05) is 11.6 Å². The zero-order valence-corrected chi connectivity index (χ0v) is 11.9. The normalized spacial score (nSPS) is 12.1. The van der Waals surface area contributed by atoms with E-state index in [4.69, 9.17) is 23.1 Å². The molecule has 6 heteroatoms. The van der Waals surface area contributed by atoms with E-state index in [0.717, 1.165) is 14.9 Å². The molecule has 1 aromatic carbocycles. The van der Waals surface area contributed by atoms with Gasteiger partial charge in [0.2, 0.25) is 0 Å². The average Bonchev–Trinajstić information content (AvgIpc) is 2.78. The highest BCUT2D eigenvalue weighted by Gasteiger charge is 2.11. The minimum Gasteiger partial charge on any atom is -0.398 e. The quantitative estimate of drug-likeness (QED) is 0.757. The van der Waals surface area contributed by atoms with Gasteiger partial charge in [0.1, 0.15) is 0 Å². The summed E-state index contributed by atoms with van der Waals surface area (Å²) in [5.41, 5.74) is 12.5. The average molecular weight is 296 g/mol. The highest BCUT2D eigenvalue weighted by molar-refractivity contribution is 7.16. The number of primary amides is 1. The van der Waals surface area contributed by atoms with Crippen LogP contribution in [0, 0.1) is 0 Å². The molecule has 1 aromatic heterocycles. The molecule has 4 nitrogen and oxygen atoms in total. The number of carbonyl (C=O) groups is 1. The molecule has 2 aromatic rings. The molecule has 0 spiro atoms. The maximum absolute atomic E-state index is 11.2. The molecule has 0 bridgehead atoms. The maximum atomic E-state index is 11.2. The fourth-order valence-electron chi connectivity index (χ4n) is 1.74. The van der Waals surface area contributed by atoms with Crippen molar-refractivity contribution in [1.29, 1.82) is 0 Å². The summed E-state index contributed by atoms with van der Waals surface area (Å²) < 4.78 is 0.749. The Morgan fingerprint density at radius 1 is 1.37 bits per heavy atom. The minimum absolute atomic E-state index is 0.0850. The second-order valence-corrected chi connectivity index (χ2v) is 5.92. The molecule has 0 fully saturated rings. The first-order chi connectivity index (χ1) is 8.97. The Hall–Kier alpha value is -1.72. The number of nitrogens with two attached hydrogens (primary N) is 2. The van der Waals surface area contributed by atoms with Gasteiger partial charge in [-0.15, -0.1) is 11.3 Å². The summed E-state index contributed by atoms with van der Waals surface area (Å²) in [5.74, 6) is -0.534. The van der Waals surface area contributed by atoms with Gasteiger partial charge in [-0.05, 0) is 37.3 Å². The van der Waals surface area contributed by atoms with Crippen molar-refractivity contribution in [3.63, 3.8) is 0 Å². The lowest BCUT2D eigenvalue weighted by Gasteiger charge is -2.14. The Bertz CT molecular complexity index is 612. The lowest BCUT2D eigenvalue weighted by Crippen LogP contribution is -2.14. The monoisotopic (exact) mass is 295 g/mol. The van der Waals surface area contributed by atoms with Crippen molar-refractivity contribution in [3.8, 4) is 0 Å². The third-order valence-corrected chi connectivity index (χ3v) is 4.14. The van der Waals surface area contributed by atoms with Gasteiger partial charge in [0.05, 0.1) is 15.9 Å². The molecule has 19 heavy (non-hydrogen) atoms. The summed E-state index contributed by atoms with van der Waals surface area (Å²) in [5, 5.41) is 3.28. The summed E-state index contributed by atoms with van der Waals surface area (Å²) >= 11 is 7.42. The number of rotatable bonds is 4. The fourth-order valence-corrected chi connectivity index (χ4v) is 2.80. The molecular weight excluding hydrogens is 282 g/mol. The molecule has 1 heterocycles. The largest absolute Gasteiger partial charge is 0.398 e. The molecule has 5 N–H and O–H groups in total. The number of carbonyl (C=O) groups excluding carboxylic acids is 1. The van der Waals surface area contributed by atoms with E-state index in [9.17, 15) is 4.79 Å². The van der Waals surface area contributed by atoms with Gasteiger partial charge in [-0.3, -0.25) is 4.79 Å². The van der Waals surface area contributed by atoms with Crippen molar-refractivity contribution < 1.29 is 4.79 Å². The van der Waals surface area contributed by atoms with Crippen LogP contribution in [0.4, 0.5) is 11.4 Å². The molecule has 0 radical (unpaired) electrons. The van der Waals surface area contributed by atoms with Gasteiger partial charge in [0.15, 0.2) is 0 Å². The van der Waals surface area contributed by atoms with Gasteiger partial charge in [0.25, 0.3) is 5.91 Å². The van der Waals surface area contributed by atoms with E-state index in [1.54, 1.807) is 12.1 Å². The van der Waals surface area contributed by atoms with Gasteiger partial charge in [0, 0.05) is 16.3 Å². The zero-order chi connectivity index (χ0) is 14.0. The molecule has 0 aliphatic heterocycles. The van der Waals surface area contributed by atoms with Gasteiger partial charge < -0.3 is 16.8 Å². The molecule has 2 rings (SSSR count). The first-order valence-electron chi connectivity index (χ1n) is 5.68. The van der Waals surface area contributed by atoms with Crippen LogP contribution in [0.2, 0.25) is 4.34 Å². The summed E-state index contributed by atoms with van der Waals surface area (Å²) in [6.07, 6.45) is 0. The van der Waals surface area contributed by atoms with E-state index in [-0.39, 0.29) is 6.04 Å². The lowest BCUT2D eigenvalue weighted by molar-refractivity contribution is 0.100. The van der Waals surface area contributed by atoms with Crippen molar-refractivity contribution in [2.75, 3.05) is 11.1 Å². The molecule has 1 amide bonds. The third-order valence-electron chi connectivity index (χ3n) is 2.72. The van der Waals surface area contributed by atoms with E-state index in [1.807, 2.05) is 25.1 Å². The summed E-state index contributed by atoms with van der Waals surface area (Å²) in [7, 11) is 0. The van der Waals surface area contributed by atoms with Crippen molar-refractivity contribution in [3.05, 3.63) is 45.1 Å². The molecule has 1 atom stereocenters. The number of halogens is 1. The van der Waals surface area contributed by atoms with Crippen molar-refractivity contribution in [2.45, 2.75) is 13.0 Å². The van der Waals surface area contributed by atoms with Crippen molar-refractivity contribution in [2.24, 2.45) is 5.73 Å². The van der Waals surface area contributed by atoms with Crippen LogP contribution in [-0.2, 0) is 0 Å². The van der Waals surface area contributed by atoms with Crippen LogP contribution in [0.25, 0.3) is 0 Å². The molecule has 0 saturated carbocycles. The van der Waals surface area contributed by atoms with Gasteiger partial charge >= 0.3 is 0 Å². The number of thiophene rings is 1. The Kier molecular flexibility index (Phi) is 3.97. The summed E-state index contributed by atoms with van der Waals surface area (Å²) in [4.78, 5) is 12.3. The van der Waals surface area contributed by atoms with E-state index in [0.29, 0.717) is 11.3 Å². The fraction of sp³-hybridized carbons (Fsp3) is 0.154. The number of hydrogen-bond acceptors (Lipinski definition) is 4. The SMILES string of the molecule is CC(Nc1ccc(N)c(C(N)=O)c1)c1ccc(Cl)s1. The van der Waals surface area contributed by atoms with Crippen LogP contribution in [-0.4, -0.2) is 5.91 Å². The van der Waals surface area contributed by atoms with Crippen LogP contribution in [0.5, 0.6) is 0 Å². The predicted octanol–water partition coefficient (Wildman–Crippen LogP) is 3.26. The van der Waals surface area contributed by atoms with E-state index in [2.05, 4.69) is 5.32 Å². The molecule has 100 valence electrons. The standard InChI is InChI=1S/C13H14ClN3OS/c1-7(11-4-5-12(14)19-11)17-8-2-3-10(15)9(6-8)13(16)18/h2-7,17H,15H2,1H3,(H2,16,18). The number of amides is 1. The number of benzene rings is 1. The second-order valence-electron chi connectivity index (χ2n) is 4.17. The number of hydrogen-bond donors (Lipinski definition) is 3.